The van der Waals surface area contributed by atoms with E-state index >= 15 is 0 Å². The Morgan fingerprint density at radius 2 is 1.97 bits per heavy atom. The lowest BCUT2D eigenvalue weighted by Gasteiger charge is -2.37. The van der Waals surface area contributed by atoms with E-state index in [4.69, 9.17) is 4.74 Å². The number of carbonyl (C=O) groups is 3. The standard InChI is InChI=1S/C23H27N3O4S.C2H6/c1-23(2,3)30-22(29)24-17-12-16-6-4-7-18(25-10-5-8-19(25)27)20(16)26(21(17)28)13-15-9-11-31-14-15;1-2/h4,6-7,9,11,14,17H,5,8,10,12-13H2,1-3H3,(H,24,29);1-2H3. The summed E-state index contributed by atoms with van der Waals surface area (Å²) in [5, 5.41) is 6.71. The lowest BCUT2D eigenvalue weighted by Crippen LogP contribution is -2.53. The van der Waals surface area contributed by atoms with Gasteiger partial charge in [-0.2, -0.15) is 11.3 Å². The van der Waals surface area contributed by atoms with Crippen molar-refractivity contribution in [3.05, 3.63) is 46.2 Å². The fourth-order valence-electron chi connectivity index (χ4n) is 4.07. The minimum atomic E-state index is -0.731. The molecule has 1 aromatic carbocycles. The lowest BCUT2D eigenvalue weighted by atomic mass is 9.95. The quantitative estimate of drug-likeness (QED) is 0.689. The molecule has 1 N–H and O–H groups in total. The minimum Gasteiger partial charge on any atom is -0.444 e. The van der Waals surface area contributed by atoms with Crippen LogP contribution in [-0.2, 0) is 27.3 Å². The number of amides is 3. The first-order valence-corrected chi connectivity index (χ1v) is 12.4. The highest BCUT2D eigenvalue weighted by Crippen LogP contribution is 2.40. The topological polar surface area (TPSA) is 79.0 Å². The van der Waals surface area contributed by atoms with Crippen LogP contribution < -0.4 is 15.1 Å². The molecule has 1 atom stereocenters. The van der Waals surface area contributed by atoms with Gasteiger partial charge in [-0.05, 0) is 61.2 Å². The second-order valence-corrected chi connectivity index (χ2v) is 9.67. The Bertz CT molecular complexity index is 998. The molecule has 2 aromatic rings. The molecule has 178 valence electrons. The van der Waals surface area contributed by atoms with Gasteiger partial charge in [-0.3, -0.25) is 9.59 Å². The first kappa shape index (κ1) is 24.8. The molecular weight excluding hydrogens is 438 g/mol. The van der Waals surface area contributed by atoms with Crippen LogP contribution >= 0.6 is 11.3 Å². The number of nitrogens with one attached hydrogen (secondary N) is 1. The average molecular weight is 472 g/mol. The van der Waals surface area contributed by atoms with Gasteiger partial charge in [-0.1, -0.05) is 26.0 Å². The van der Waals surface area contributed by atoms with Crippen molar-refractivity contribution in [2.45, 2.75) is 72.1 Å². The van der Waals surface area contributed by atoms with Crippen LogP contribution in [0, 0.1) is 0 Å². The molecule has 0 aliphatic carbocycles. The van der Waals surface area contributed by atoms with Crippen molar-refractivity contribution < 1.29 is 19.1 Å². The van der Waals surface area contributed by atoms with Crippen LogP contribution in [0.5, 0.6) is 0 Å². The number of fused-ring (bicyclic) bond motifs is 1. The van der Waals surface area contributed by atoms with Crippen molar-refractivity contribution in [3.63, 3.8) is 0 Å². The maximum atomic E-state index is 13.5. The van der Waals surface area contributed by atoms with Crippen molar-refractivity contribution >= 4 is 40.6 Å². The van der Waals surface area contributed by atoms with E-state index in [1.165, 1.54) is 0 Å². The van der Waals surface area contributed by atoms with E-state index in [-0.39, 0.29) is 11.8 Å². The number of nitrogens with zero attached hydrogens (tertiary/aromatic N) is 2. The Hall–Kier alpha value is -2.87. The third-order valence-corrected chi connectivity index (χ3v) is 6.06. The van der Waals surface area contributed by atoms with Crippen LogP contribution in [0.2, 0.25) is 0 Å². The predicted octanol–water partition coefficient (Wildman–Crippen LogP) is 4.88. The number of para-hydroxylation sites is 1. The Morgan fingerprint density at radius 3 is 2.58 bits per heavy atom. The number of anilines is 2. The van der Waals surface area contributed by atoms with Crippen LogP contribution in [0.1, 0.15) is 58.6 Å². The average Bonchev–Trinajstić information content (AvgIpc) is 3.42. The smallest absolute Gasteiger partial charge is 0.408 e. The highest BCUT2D eigenvalue weighted by Gasteiger charge is 2.38. The largest absolute Gasteiger partial charge is 0.444 e. The summed E-state index contributed by atoms with van der Waals surface area (Å²) in [6, 6.07) is 7.01. The summed E-state index contributed by atoms with van der Waals surface area (Å²) >= 11 is 1.57. The fourth-order valence-corrected chi connectivity index (χ4v) is 4.72. The van der Waals surface area contributed by atoms with Gasteiger partial charge >= 0.3 is 6.09 Å². The van der Waals surface area contributed by atoms with E-state index in [2.05, 4.69) is 5.32 Å². The highest BCUT2D eigenvalue weighted by molar-refractivity contribution is 7.07. The van der Waals surface area contributed by atoms with E-state index in [1.807, 2.05) is 48.9 Å². The molecule has 1 saturated heterocycles. The summed E-state index contributed by atoms with van der Waals surface area (Å²) in [5.41, 5.74) is 2.80. The monoisotopic (exact) mass is 471 g/mol. The van der Waals surface area contributed by atoms with Crippen molar-refractivity contribution in [1.82, 2.24) is 5.32 Å². The predicted molar refractivity (Wildman–Crippen MR) is 132 cm³/mol. The van der Waals surface area contributed by atoms with E-state index in [0.717, 1.165) is 28.9 Å². The Morgan fingerprint density at radius 1 is 1.21 bits per heavy atom. The SMILES string of the molecule is CC.CC(C)(C)OC(=O)NC1Cc2cccc(N3CCCC3=O)c2N(Cc2ccsc2)C1=O. The zero-order valence-corrected chi connectivity index (χ0v) is 20.8. The molecule has 0 bridgehead atoms. The second-order valence-electron chi connectivity index (χ2n) is 8.89. The summed E-state index contributed by atoms with van der Waals surface area (Å²) in [4.78, 5) is 41.8. The van der Waals surface area contributed by atoms with Crippen LogP contribution in [0.4, 0.5) is 16.2 Å². The first-order valence-electron chi connectivity index (χ1n) is 11.5. The number of rotatable bonds is 4. The summed E-state index contributed by atoms with van der Waals surface area (Å²) < 4.78 is 5.36. The van der Waals surface area contributed by atoms with Gasteiger partial charge in [0.05, 0.1) is 17.9 Å². The van der Waals surface area contributed by atoms with Gasteiger partial charge in [-0.15, -0.1) is 0 Å². The van der Waals surface area contributed by atoms with Gasteiger partial charge < -0.3 is 19.9 Å². The third kappa shape index (κ3) is 5.74. The van der Waals surface area contributed by atoms with Gasteiger partial charge in [0.15, 0.2) is 0 Å². The number of alkyl carbamates (subject to hydrolysis) is 1. The van der Waals surface area contributed by atoms with Crippen molar-refractivity contribution in [3.8, 4) is 0 Å². The normalized spacial score (nSPS) is 17.9. The lowest BCUT2D eigenvalue weighted by molar-refractivity contribution is -0.121. The Labute approximate surface area is 199 Å². The molecule has 7 nitrogen and oxygen atoms in total. The molecule has 0 saturated carbocycles. The molecule has 0 radical (unpaired) electrons. The highest BCUT2D eigenvalue weighted by atomic mass is 32.1. The maximum Gasteiger partial charge on any atom is 0.408 e. The molecule has 2 aliphatic rings. The number of carbonyl (C=O) groups excluding carboxylic acids is 3. The summed E-state index contributed by atoms with van der Waals surface area (Å²) in [6.07, 6.45) is 1.06. The van der Waals surface area contributed by atoms with Crippen LogP contribution in [0.3, 0.4) is 0 Å². The molecular formula is C25H33N3O4S. The molecule has 2 aliphatic heterocycles. The number of hydrogen-bond acceptors (Lipinski definition) is 5. The van der Waals surface area contributed by atoms with E-state index in [1.54, 1.807) is 41.9 Å². The number of ether oxygens (including phenoxy) is 1. The summed E-state index contributed by atoms with van der Waals surface area (Å²) in [6.45, 7) is 10.4. The number of thiophene rings is 1. The van der Waals surface area contributed by atoms with Crippen LogP contribution in [-0.4, -0.2) is 36.1 Å². The number of hydrogen-bond donors (Lipinski definition) is 1. The minimum absolute atomic E-state index is 0.0744. The zero-order chi connectivity index (χ0) is 24.2. The van der Waals surface area contributed by atoms with Gasteiger partial charge in [0.2, 0.25) is 11.8 Å². The summed E-state index contributed by atoms with van der Waals surface area (Å²) in [5.74, 6) is -0.131. The fraction of sp³-hybridized carbons (Fsp3) is 0.480. The van der Waals surface area contributed by atoms with Crippen LogP contribution in [0.15, 0.2) is 35.0 Å². The van der Waals surface area contributed by atoms with Gasteiger partial charge in [0.25, 0.3) is 0 Å². The molecule has 0 spiro atoms. The molecule has 4 rings (SSSR count). The molecule has 8 heteroatoms. The number of benzene rings is 1. The van der Waals surface area contributed by atoms with Crippen molar-refractivity contribution in [2.75, 3.05) is 16.3 Å². The molecule has 1 unspecified atom stereocenters. The Balaban J connectivity index is 0.00000149. The van der Waals surface area contributed by atoms with E-state index in [9.17, 15) is 14.4 Å². The Kier molecular flexibility index (Phi) is 7.79. The van der Waals surface area contributed by atoms with E-state index < -0.39 is 17.7 Å². The molecule has 33 heavy (non-hydrogen) atoms. The summed E-state index contributed by atoms with van der Waals surface area (Å²) in [7, 11) is 0. The zero-order valence-electron chi connectivity index (χ0n) is 20.0. The molecule has 3 heterocycles. The van der Waals surface area contributed by atoms with Gasteiger partial charge in [-0.25, -0.2) is 4.79 Å². The molecule has 1 fully saturated rings. The first-order chi connectivity index (χ1) is 15.7. The molecule has 3 amide bonds. The van der Waals surface area contributed by atoms with Crippen LogP contribution in [0.25, 0.3) is 0 Å². The molecule has 1 aromatic heterocycles. The van der Waals surface area contributed by atoms with Gasteiger partial charge in [0.1, 0.15) is 11.6 Å². The van der Waals surface area contributed by atoms with E-state index in [0.29, 0.717) is 25.9 Å². The second kappa shape index (κ2) is 10.4. The third-order valence-electron chi connectivity index (χ3n) is 5.33. The van der Waals surface area contributed by atoms with Crippen molar-refractivity contribution in [2.24, 2.45) is 0 Å². The maximum absolute atomic E-state index is 13.5. The van der Waals surface area contributed by atoms with Crippen molar-refractivity contribution in [1.29, 1.82) is 0 Å². The van der Waals surface area contributed by atoms with Gasteiger partial charge in [0, 0.05) is 19.4 Å².